The molecule has 0 amide bonds. The molecule has 0 bridgehead atoms. The normalized spacial score (nSPS) is 9.68. The van der Waals surface area contributed by atoms with Crippen molar-refractivity contribution in [1.29, 1.82) is 0 Å². The highest BCUT2D eigenvalue weighted by molar-refractivity contribution is 7.99. The van der Waals surface area contributed by atoms with Crippen molar-refractivity contribution in [3.8, 4) is 11.5 Å². The largest absolute Gasteiger partial charge is 0.496 e. The van der Waals surface area contributed by atoms with Gasteiger partial charge in [-0.25, -0.2) is 0 Å². The summed E-state index contributed by atoms with van der Waals surface area (Å²) >= 11 is 1.70. The summed E-state index contributed by atoms with van der Waals surface area (Å²) in [5.41, 5.74) is 7.81. The van der Waals surface area contributed by atoms with Crippen LogP contribution in [-0.2, 0) is 6.42 Å². The topological polar surface area (TPSA) is 44.5 Å². The molecule has 1 aromatic carbocycles. The number of ether oxygens (including phenoxy) is 2. The third kappa shape index (κ3) is 5.35. The van der Waals surface area contributed by atoms with Crippen LogP contribution in [0.4, 0.5) is 0 Å². The molecule has 19 heavy (non-hydrogen) atoms. The van der Waals surface area contributed by atoms with Crippen molar-refractivity contribution >= 4 is 24.2 Å². The quantitative estimate of drug-likeness (QED) is 0.620. The number of hydrogen-bond acceptors (Lipinski definition) is 4. The monoisotopic (exact) mass is 303 g/mol. The van der Waals surface area contributed by atoms with Gasteiger partial charge in [-0.15, -0.1) is 24.2 Å². The molecule has 2 N–H and O–H groups in total. The van der Waals surface area contributed by atoms with Crippen molar-refractivity contribution in [2.24, 2.45) is 5.73 Å². The zero-order valence-corrected chi connectivity index (χ0v) is 13.3. The van der Waals surface area contributed by atoms with E-state index in [2.05, 4.69) is 6.58 Å². The molecular formula is C14H22ClNO2S. The first-order chi connectivity index (χ1) is 8.62. The molecule has 5 heteroatoms. The molecule has 0 aliphatic rings. The van der Waals surface area contributed by atoms with E-state index in [0.717, 1.165) is 39.7 Å². The molecule has 0 saturated heterocycles. The van der Waals surface area contributed by atoms with Crippen LogP contribution in [0.2, 0.25) is 0 Å². The lowest BCUT2D eigenvalue weighted by Gasteiger charge is -2.14. The number of benzene rings is 1. The Morgan fingerprint density at radius 3 is 2.37 bits per heavy atom. The van der Waals surface area contributed by atoms with Crippen LogP contribution in [0, 0.1) is 0 Å². The van der Waals surface area contributed by atoms with Gasteiger partial charge in [0.2, 0.25) is 0 Å². The van der Waals surface area contributed by atoms with Crippen LogP contribution in [0.15, 0.2) is 29.2 Å². The van der Waals surface area contributed by atoms with Crippen LogP contribution < -0.4 is 15.2 Å². The van der Waals surface area contributed by atoms with Crippen molar-refractivity contribution in [3.63, 3.8) is 0 Å². The van der Waals surface area contributed by atoms with Crippen molar-refractivity contribution in [2.45, 2.75) is 18.2 Å². The second-order valence-electron chi connectivity index (χ2n) is 4.10. The Morgan fingerprint density at radius 2 is 1.89 bits per heavy atom. The van der Waals surface area contributed by atoms with Crippen molar-refractivity contribution in [2.75, 3.05) is 26.5 Å². The van der Waals surface area contributed by atoms with Crippen LogP contribution in [0.5, 0.6) is 11.5 Å². The summed E-state index contributed by atoms with van der Waals surface area (Å²) < 4.78 is 10.8. The number of thioether (sulfide) groups is 1. The molecule has 0 aromatic heterocycles. The first-order valence-electron chi connectivity index (χ1n) is 5.84. The van der Waals surface area contributed by atoms with E-state index in [1.807, 2.05) is 19.1 Å². The Bertz CT molecular complexity index is 424. The first-order valence-corrected chi connectivity index (χ1v) is 6.83. The summed E-state index contributed by atoms with van der Waals surface area (Å²) in [6.45, 7) is 6.51. The summed E-state index contributed by atoms with van der Waals surface area (Å²) in [5, 5.41) is 0. The fourth-order valence-electron chi connectivity index (χ4n) is 1.60. The maximum Gasteiger partial charge on any atom is 0.132 e. The standard InChI is InChI=1S/C14H21NO2S.ClH/c1-10(2)9-18-14-8-12(16-3)11(5-6-15)7-13(14)17-4;/h7-8H,1,5-6,9,15H2,2-4H3;1H. The first kappa shape index (κ1) is 18.2. The van der Waals surface area contributed by atoms with Gasteiger partial charge in [-0.05, 0) is 37.6 Å². The van der Waals surface area contributed by atoms with Gasteiger partial charge in [0.05, 0.1) is 19.1 Å². The molecule has 1 rings (SSSR count). The minimum absolute atomic E-state index is 0. The third-order valence-electron chi connectivity index (χ3n) is 2.45. The molecule has 0 heterocycles. The minimum atomic E-state index is 0. The Kier molecular flexibility index (Phi) is 8.72. The van der Waals surface area contributed by atoms with Gasteiger partial charge in [0.1, 0.15) is 11.5 Å². The van der Waals surface area contributed by atoms with E-state index in [0.29, 0.717) is 6.54 Å². The fraction of sp³-hybridized carbons (Fsp3) is 0.429. The molecule has 0 fully saturated rings. The van der Waals surface area contributed by atoms with Crippen LogP contribution in [0.1, 0.15) is 12.5 Å². The Labute approximate surface area is 126 Å². The third-order valence-corrected chi connectivity index (χ3v) is 3.72. The lowest BCUT2D eigenvalue weighted by molar-refractivity contribution is 0.390. The number of rotatable bonds is 7. The van der Waals surface area contributed by atoms with Crippen LogP contribution >= 0.6 is 24.2 Å². The van der Waals surface area contributed by atoms with E-state index in [-0.39, 0.29) is 12.4 Å². The summed E-state index contributed by atoms with van der Waals surface area (Å²) in [6, 6.07) is 4.02. The highest BCUT2D eigenvalue weighted by Crippen LogP contribution is 2.36. The molecule has 0 atom stereocenters. The van der Waals surface area contributed by atoms with Crippen LogP contribution in [0.25, 0.3) is 0 Å². The molecular weight excluding hydrogens is 282 g/mol. The Balaban J connectivity index is 0.00000324. The molecule has 0 spiro atoms. The van der Waals surface area contributed by atoms with Gasteiger partial charge >= 0.3 is 0 Å². The van der Waals surface area contributed by atoms with Crippen LogP contribution in [-0.4, -0.2) is 26.5 Å². The zero-order valence-electron chi connectivity index (χ0n) is 11.7. The average Bonchev–Trinajstić information content (AvgIpc) is 2.36. The van der Waals surface area contributed by atoms with E-state index in [9.17, 15) is 0 Å². The van der Waals surface area contributed by atoms with E-state index < -0.39 is 0 Å². The zero-order chi connectivity index (χ0) is 13.5. The maximum absolute atomic E-state index is 5.60. The minimum Gasteiger partial charge on any atom is -0.496 e. The predicted molar refractivity (Wildman–Crippen MR) is 85.1 cm³/mol. The Hall–Kier alpha value is -0.840. The molecule has 0 radical (unpaired) electrons. The number of halogens is 1. The van der Waals surface area contributed by atoms with Gasteiger partial charge in [-0.3, -0.25) is 0 Å². The van der Waals surface area contributed by atoms with Gasteiger partial charge in [-0.1, -0.05) is 12.2 Å². The molecule has 0 saturated carbocycles. The lowest BCUT2D eigenvalue weighted by Crippen LogP contribution is -2.05. The van der Waals surface area contributed by atoms with Gasteiger partial charge < -0.3 is 15.2 Å². The molecule has 1 aromatic rings. The van der Waals surface area contributed by atoms with E-state index in [1.54, 1.807) is 26.0 Å². The number of hydrogen-bond donors (Lipinski definition) is 1. The maximum atomic E-state index is 5.60. The van der Waals surface area contributed by atoms with Crippen molar-refractivity contribution in [1.82, 2.24) is 0 Å². The molecule has 0 aliphatic carbocycles. The van der Waals surface area contributed by atoms with E-state index in [4.69, 9.17) is 15.2 Å². The highest BCUT2D eigenvalue weighted by Gasteiger charge is 2.11. The average molecular weight is 304 g/mol. The van der Waals surface area contributed by atoms with Gasteiger partial charge in [0.15, 0.2) is 0 Å². The molecule has 0 aliphatic heterocycles. The van der Waals surface area contributed by atoms with Gasteiger partial charge in [-0.2, -0.15) is 0 Å². The molecule has 3 nitrogen and oxygen atoms in total. The summed E-state index contributed by atoms with van der Waals surface area (Å²) in [4.78, 5) is 1.07. The highest BCUT2D eigenvalue weighted by atomic mass is 35.5. The van der Waals surface area contributed by atoms with Crippen molar-refractivity contribution in [3.05, 3.63) is 29.8 Å². The number of nitrogens with two attached hydrogens (primary N) is 1. The van der Waals surface area contributed by atoms with Gasteiger partial charge in [0, 0.05) is 5.75 Å². The van der Waals surface area contributed by atoms with E-state index >= 15 is 0 Å². The van der Waals surface area contributed by atoms with Crippen LogP contribution in [0.3, 0.4) is 0 Å². The number of methoxy groups -OCH3 is 2. The van der Waals surface area contributed by atoms with E-state index in [1.165, 1.54) is 0 Å². The van der Waals surface area contributed by atoms with Gasteiger partial charge in [0.25, 0.3) is 0 Å². The SMILES string of the molecule is C=C(C)CSc1cc(OC)c(CCN)cc1OC.Cl. The summed E-state index contributed by atoms with van der Waals surface area (Å²) in [5.74, 6) is 2.60. The second kappa shape index (κ2) is 9.13. The molecule has 108 valence electrons. The summed E-state index contributed by atoms with van der Waals surface area (Å²) in [7, 11) is 3.36. The van der Waals surface area contributed by atoms with Crippen molar-refractivity contribution < 1.29 is 9.47 Å². The fourth-order valence-corrected chi connectivity index (χ4v) is 2.47. The predicted octanol–water partition coefficient (Wildman–Crippen LogP) is 3.30. The lowest BCUT2D eigenvalue weighted by atomic mass is 10.1. The second-order valence-corrected chi connectivity index (χ2v) is 5.12. The smallest absolute Gasteiger partial charge is 0.132 e. The Morgan fingerprint density at radius 1 is 1.26 bits per heavy atom. The molecule has 0 unspecified atom stereocenters. The summed E-state index contributed by atoms with van der Waals surface area (Å²) in [6.07, 6.45) is 0.783.